The van der Waals surface area contributed by atoms with E-state index < -0.39 is 11.7 Å². The molecule has 0 spiro atoms. The van der Waals surface area contributed by atoms with Crippen molar-refractivity contribution in [3.63, 3.8) is 0 Å². The van der Waals surface area contributed by atoms with Crippen molar-refractivity contribution in [3.8, 4) is 11.1 Å². The SMILES string of the molecule is O=C(NC(Cc1ccc(-c2ccc(F)cc2)cc1)CN1CCCC1)C(=O)c1cc2ccc(Cl)cc2s1. The number of halogens is 2. The van der Waals surface area contributed by atoms with Crippen molar-refractivity contribution < 1.29 is 14.0 Å². The van der Waals surface area contributed by atoms with E-state index in [2.05, 4.69) is 10.2 Å². The van der Waals surface area contributed by atoms with Crippen LogP contribution in [0.2, 0.25) is 5.02 Å². The summed E-state index contributed by atoms with van der Waals surface area (Å²) in [6, 6.07) is 21.5. The highest BCUT2D eigenvalue weighted by Gasteiger charge is 2.25. The van der Waals surface area contributed by atoms with Crippen molar-refractivity contribution in [2.75, 3.05) is 19.6 Å². The molecule has 1 aliphatic rings. The van der Waals surface area contributed by atoms with Gasteiger partial charge >= 0.3 is 0 Å². The van der Waals surface area contributed by atoms with Gasteiger partial charge in [0.25, 0.3) is 11.7 Å². The molecule has 1 unspecified atom stereocenters. The van der Waals surface area contributed by atoms with E-state index in [-0.39, 0.29) is 11.9 Å². The number of ketones is 1. The van der Waals surface area contributed by atoms with E-state index in [4.69, 9.17) is 11.6 Å². The normalized spacial score (nSPS) is 14.7. The van der Waals surface area contributed by atoms with Crippen LogP contribution in [0, 0.1) is 5.82 Å². The Kier molecular flexibility index (Phi) is 7.46. The van der Waals surface area contributed by atoms with Gasteiger partial charge in [-0.05, 0) is 84.8 Å². The van der Waals surface area contributed by atoms with Gasteiger partial charge in [0.2, 0.25) is 0 Å². The summed E-state index contributed by atoms with van der Waals surface area (Å²) in [7, 11) is 0. The van der Waals surface area contributed by atoms with E-state index in [9.17, 15) is 14.0 Å². The second kappa shape index (κ2) is 10.9. The van der Waals surface area contributed by atoms with Gasteiger partial charge in [-0.3, -0.25) is 9.59 Å². The Labute approximate surface area is 218 Å². The van der Waals surface area contributed by atoms with Crippen molar-refractivity contribution in [2.45, 2.75) is 25.3 Å². The second-order valence-electron chi connectivity index (χ2n) is 9.21. The molecule has 5 rings (SSSR count). The Hall–Kier alpha value is -3.06. The number of nitrogens with zero attached hydrogens (tertiary/aromatic N) is 1. The molecule has 0 radical (unpaired) electrons. The average molecular weight is 521 g/mol. The lowest BCUT2D eigenvalue weighted by atomic mass is 10.00. The number of amides is 1. The van der Waals surface area contributed by atoms with Crippen molar-refractivity contribution in [1.82, 2.24) is 10.2 Å². The summed E-state index contributed by atoms with van der Waals surface area (Å²) in [5.74, 6) is -1.37. The third kappa shape index (κ3) is 5.84. The lowest BCUT2D eigenvalue weighted by molar-refractivity contribution is -0.117. The Bertz CT molecular complexity index is 1380. The number of fused-ring (bicyclic) bond motifs is 1. The Morgan fingerprint density at radius 1 is 0.944 bits per heavy atom. The van der Waals surface area contributed by atoms with Crippen LogP contribution in [0.3, 0.4) is 0 Å². The number of carbonyl (C=O) groups excluding carboxylic acids is 2. The predicted octanol–water partition coefficient (Wildman–Crippen LogP) is 6.37. The van der Waals surface area contributed by atoms with E-state index in [1.807, 2.05) is 36.4 Å². The summed E-state index contributed by atoms with van der Waals surface area (Å²) < 4.78 is 14.1. The van der Waals surface area contributed by atoms with Gasteiger partial charge in [-0.25, -0.2) is 4.39 Å². The number of nitrogens with one attached hydrogen (secondary N) is 1. The zero-order chi connectivity index (χ0) is 25.1. The number of benzene rings is 3. The lowest BCUT2D eigenvalue weighted by Gasteiger charge is -2.24. The summed E-state index contributed by atoms with van der Waals surface area (Å²) in [4.78, 5) is 28.7. The van der Waals surface area contributed by atoms with Crippen LogP contribution in [0.25, 0.3) is 21.2 Å². The van der Waals surface area contributed by atoms with Crippen LogP contribution in [0.4, 0.5) is 4.39 Å². The maximum Gasteiger partial charge on any atom is 0.293 e. The minimum absolute atomic E-state index is 0.194. The summed E-state index contributed by atoms with van der Waals surface area (Å²) in [5.41, 5.74) is 3.01. The van der Waals surface area contributed by atoms with E-state index in [0.717, 1.165) is 52.7 Å². The van der Waals surface area contributed by atoms with E-state index in [0.29, 0.717) is 22.9 Å². The molecule has 1 aromatic heterocycles. The zero-order valence-electron chi connectivity index (χ0n) is 19.7. The smallest absolute Gasteiger partial charge is 0.293 e. The molecule has 1 fully saturated rings. The van der Waals surface area contributed by atoms with Crippen LogP contribution < -0.4 is 5.32 Å². The monoisotopic (exact) mass is 520 g/mol. The van der Waals surface area contributed by atoms with Gasteiger partial charge in [0.05, 0.1) is 4.88 Å². The third-order valence-corrected chi connectivity index (χ3v) is 7.87. The van der Waals surface area contributed by atoms with Gasteiger partial charge in [-0.1, -0.05) is 54.1 Å². The number of hydrogen-bond donors (Lipinski definition) is 1. The molecule has 1 amide bonds. The first-order chi connectivity index (χ1) is 17.4. The van der Waals surface area contributed by atoms with Gasteiger partial charge in [-0.2, -0.15) is 0 Å². The molecule has 1 aliphatic heterocycles. The summed E-state index contributed by atoms with van der Waals surface area (Å²) in [6.45, 7) is 2.70. The topological polar surface area (TPSA) is 49.4 Å². The molecule has 184 valence electrons. The number of carbonyl (C=O) groups is 2. The molecule has 0 aliphatic carbocycles. The largest absolute Gasteiger partial charge is 0.345 e. The quantitative estimate of drug-likeness (QED) is 0.217. The fraction of sp³-hybridized carbons (Fsp3) is 0.241. The Morgan fingerprint density at radius 2 is 1.61 bits per heavy atom. The molecule has 0 bridgehead atoms. The molecule has 4 aromatic rings. The van der Waals surface area contributed by atoms with Crippen LogP contribution in [0.1, 0.15) is 28.1 Å². The number of Topliss-reactive ketones (excluding diaryl/α,β-unsaturated/α-hetero) is 1. The minimum Gasteiger partial charge on any atom is -0.345 e. The lowest BCUT2D eigenvalue weighted by Crippen LogP contribution is -2.46. The highest BCUT2D eigenvalue weighted by Crippen LogP contribution is 2.28. The van der Waals surface area contributed by atoms with Crippen LogP contribution >= 0.6 is 22.9 Å². The summed E-state index contributed by atoms with van der Waals surface area (Å²) in [6.07, 6.45) is 2.91. The van der Waals surface area contributed by atoms with Gasteiger partial charge in [0, 0.05) is 22.3 Å². The average Bonchev–Trinajstić information content (AvgIpc) is 3.54. The highest BCUT2D eigenvalue weighted by molar-refractivity contribution is 7.21. The third-order valence-electron chi connectivity index (χ3n) is 6.54. The van der Waals surface area contributed by atoms with E-state index >= 15 is 0 Å². The first-order valence-corrected chi connectivity index (χ1v) is 13.3. The van der Waals surface area contributed by atoms with Crippen molar-refractivity contribution in [2.24, 2.45) is 0 Å². The molecular weight excluding hydrogens is 495 g/mol. The molecular formula is C29H26ClFN2O2S. The van der Waals surface area contributed by atoms with Crippen LogP contribution in [-0.2, 0) is 11.2 Å². The molecule has 1 atom stereocenters. The number of rotatable bonds is 8. The van der Waals surface area contributed by atoms with Crippen molar-refractivity contribution in [3.05, 3.63) is 94.1 Å². The van der Waals surface area contributed by atoms with Crippen LogP contribution in [0.15, 0.2) is 72.8 Å². The molecule has 7 heteroatoms. The maximum atomic E-state index is 13.2. The fourth-order valence-electron chi connectivity index (χ4n) is 4.68. The molecule has 3 aromatic carbocycles. The fourth-order valence-corrected chi connectivity index (χ4v) is 5.95. The Balaban J connectivity index is 1.30. The number of likely N-dealkylation sites (tertiary alicyclic amines) is 1. The second-order valence-corrected chi connectivity index (χ2v) is 10.7. The number of thiophene rings is 1. The number of hydrogen-bond acceptors (Lipinski definition) is 4. The van der Waals surface area contributed by atoms with Gasteiger partial charge in [0.15, 0.2) is 0 Å². The molecule has 1 saturated heterocycles. The van der Waals surface area contributed by atoms with Crippen LogP contribution in [0.5, 0.6) is 0 Å². The minimum atomic E-state index is -0.584. The van der Waals surface area contributed by atoms with Crippen molar-refractivity contribution in [1.29, 1.82) is 0 Å². The molecule has 36 heavy (non-hydrogen) atoms. The van der Waals surface area contributed by atoms with Crippen molar-refractivity contribution >= 4 is 44.7 Å². The molecule has 1 N–H and O–H groups in total. The van der Waals surface area contributed by atoms with E-state index in [1.54, 1.807) is 24.3 Å². The van der Waals surface area contributed by atoms with Gasteiger partial charge in [0.1, 0.15) is 5.82 Å². The standard InChI is InChI=1S/C29H26ClFN2O2S/c30-23-10-7-22-16-27(36-26(22)17-23)28(34)29(35)32-25(18-33-13-1-2-14-33)15-19-3-5-20(6-4-19)21-8-11-24(31)12-9-21/h3-12,16-17,25H,1-2,13-15,18H2,(H,32,35). The molecule has 2 heterocycles. The summed E-state index contributed by atoms with van der Waals surface area (Å²) in [5, 5.41) is 4.51. The molecule has 4 nitrogen and oxygen atoms in total. The van der Waals surface area contributed by atoms with E-state index in [1.165, 1.54) is 23.5 Å². The first-order valence-electron chi connectivity index (χ1n) is 12.1. The Morgan fingerprint density at radius 3 is 2.31 bits per heavy atom. The first kappa shape index (κ1) is 24.6. The predicted molar refractivity (Wildman–Crippen MR) is 144 cm³/mol. The highest BCUT2D eigenvalue weighted by atomic mass is 35.5. The van der Waals surface area contributed by atoms with Crippen LogP contribution in [-0.4, -0.2) is 42.3 Å². The van der Waals surface area contributed by atoms with Gasteiger partial charge < -0.3 is 10.2 Å². The maximum absolute atomic E-state index is 13.2. The zero-order valence-corrected chi connectivity index (χ0v) is 21.2. The molecule has 0 saturated carbocycles. The summed E-state index contributed by atoms with van der Waals surface area (Å²) >= 11 is 7.35. The van der Waals surface area contributed by atoms with Gasteiger partial charge in [-0.15, -0.1) is 11.3 Å².